The first-order valence-corrected chi connectivity index (χ1v) is 12.3. The molecule has 1 saturated carbocycles. The zero-order valence-corrected chi connectivity index (χ0v) is 21.1. The molecule has 0 heterocycles. The number of rotatable bonds is 14. The molecule has 0 aliphatic heterocycles. The van der Waals surface area contributed by atoms with Gasteiger partial charge in [-0.1, -0.05) is 34.1 Å². The first-order chi connectivity index (χ1) is 16.3. The maximum Gasteiger partial charge on any atom is 0.312 e. The Balaban J connectivity index is 0.000000833. The highest BCUT2D eigenvalue weighted by Gasteiger charge is 2.33. The zero-order valence-electron chi connectivity index (χ0n) is 21.1. The van der Waals surface area contributed by atoms with Crippen LogP contribution in [0.1, 0.15) is 85.5 Å². The van der Waals surface area contributed by atoms with E-state index in [4.69, 9.17) is 24.2 Å². The lowest BCUT2D eigenvalue weighted by atomic mass is 9.86. The third-order valence-electron chi connectivity index (χ3n) is 5.75. The van der Waals surface area contributed by atoms with Crippen LogP contribution in [0.3, 0.4) is 0 Å². The van der Waals surface area contributed by atoms with Gasteiger partial charge in [0.1, 0.15) is 12.7 Å². The standard InChI is InChI=1S/C17H28O6.C8H13NO2/c1-3-13(2)16(19)21-10-6-7-11-22-17(20)14-8-4-5-9-15(14)23-12-18;1-3-7(2)8(10)11-6-4-5-9/h12-15H,3-11H2,1-2H3;7H,3-4,6H2,1-2H3. The Hall–Kier alpha value is -2.63. The van der Waals surface area contributed by atoms with Crippen molar-refractivity contribution in [1.29, 1.82) is 5.26 Å². The van der Waals surface area contributed by atoms with Crippen molar-refractivity contribution >= 4 is 24.4 Å². The van der Waals surface area contributed by atoms with Crippen LogP contribution < -0.4 is 0 Å². The summed E-state index contributed by atoms with van der Waals surface area (Å²) < 4.78 is 20.1. The Labute approximate surface area is 203 Å². The molecule has 0 aromatic rings. The normalized spacial score (nSPS) is 18.7. The number of nitrogens with zero attached hydrogens (tertiary/aromatic N) is 1. The van der Waals surface area contributed by atoms with Crippen molar-refractivity contribution in [2.24, 2.45) is 17.8 Å². The summed E-state index contributed by atoms with van der Waals surface area (Å²) in [5, 5.41) is 8.13. The van der Waals surface area contributed by atoms with Gasteiger partial charge in [-0.2, -0.15) is 5.26 Å². The number of hydrogen-bond donors (Lipinski definition) is 0. The highest BCUT2D eigenvalue weighted by molar-refractivity contribution is 5.73. The fourth-order valence-corrected chi connectivity index (χ4v) is 3.07. The number of hydrogen-bond acceptors (Lipinski definition) is 9. The minimum absolute atomic E-state index is 0.0475. The van der Waals surface area contributed by atoms with Crippen LogP contribution >= 0.6 is 0 Å². The first kappa shape index (κ1) is 31.4. The quantitative estimate of drug-likeness (QED) is 0.155. The van der Waals surface area contributed by atoms with E-state index in [1.807, 2.05) is 33.8 Å². The number of nitriles is 1. The van der Waals surface area contributed by atoms with E-state index in [0.29, 0.717) is 45.4 Å². The van der Waals surface area contributed by atoms with Gasteiger partial charge in [-0.25, -0.2) is 0 Å². The molecule has 34 heavy (non-hydrogen) atoms. The van der Waals surface area contributed by atoms with Gasteiger partial charge in [0, 0.05) is 0 Å². The molecule has 4 unspecified atom stereocenters. The first-order valence-electron chi connectivity index (χ1n) is 12.3. The van der Waals surface area contributed by atoms with Crippen LogP contribution in [0.15, 0.2) is 0 Å². The molecule has 4 atom stereocenters. The summed E-state index contributed by atoms with van der Waals surface area (Å²) >= 11 is 0. The zero-order chi connectivity index (χ0) is 25.8. The molecule has 1 rings (SSSR count). The third kappa shape index (κ3) is 13.8. The third-order valence-corrected chi connectivity index (χ3v) is 5.75. The Morgan fingerprint density at radius 2 is 1.44 bits per heavy atom. The van der Waals surface area contributed by atoms with E-state index >= 15 is 0 Å². The van der Waals surface area contributed by atoms with Crippen molar-refractivity contribution in [2.75, 3.05) is 19.8 Å². The van der Waals surface area contributed by atoms with Gasteiger partial charge in [0.25, 0.3) is 6.47 Å². The molecule has 0 spiro atoms. The maximum atomic E-state index is 12.0. The van der Waals surface area contributed by atoms with E-state index in [9.17, 15) is 19.2 Å². The van der Waals surface area contributed by atoms with E-state index in [-0.39, 0.29) is 54.8 Å². The molecule has 1 fully saturated rings. The van der Waals surface area contributed by atoms with Gasteiger partial charge >= 0.3 is 17.9 Å². The summed E-state index contributed by atoms with van der Waals surface area (Å²) in [7, 11) is 0. The fourth-order valence-electron chi connectivity index (χ4n) is 3.07. The monoisotopic (exact) mass is 483 g/mol. The number of esters is 3. The van der Waals surface area contributed by atoms with Crippen LogP contribution in [0.5, 0.6) is 0 Å². The van der Waals surface area contributed by atoms with Gasteiger partial charge in [0.05, 0.1) is 43.5 Å². The Morgan fingerprint density at radius 3 is 1.97 bits per heavy atom. The summed E-state index contributed by atoms with van der Waals surface area (Å²) in [6, 6.07) is 1.90. The van der Waals surface area contributed by atoms with E-state index < -0.39 is 0 Å². The van der Waals surface area contributed by atoms with Gasteiger partial charge < -0.3 is 18.9 Å². The van der Waals surface area contributed by atoms with Gasteiger partial charge in [0.15, 0.2) is 0 Å². The van der Waals surface area contributed by atoms with Crippen LogP contribution in [0, 0.1) is 29.1 Å². The van der Waals surface area contributed by atoms with E-state index in [1.54, 1.807) is 0 Å². The van der Waals surface area contributed by atoms with Crippen LogP contribution in [0.4, 0.5) is 0 Å². The molecule has 0 bridgehead atoms. The minimum Gasteiger partial charge on any atom is -0.465 e. The summed E-state index contributed by atoms with van der Waals surface area (Å²) in [4.78, 5) is 44.9. The molecule has 0 radical (unpaired) electrons. The van der Waals surface area contributed by atoms with E-state index in [0.717, 1.165) is 25.7 Å². The number of ether oxygens (including phenoxy) is 4. The molecule has 0 amide bonds. The second-order valence-electron chi connectivity index (χ2n) is 8.40. The summed E-state index contributed by atoms with van der Waals surface area (Å²) in [6.45, 7) is 8.79. The average molecular weight is 484 g/mol. The van der Waals surface area contributed by atoms with E-state index in [1.165, 1.54) is 0 Å². The number of carbonyl (C=O) groups is 4. The van der Waals surface area contributed by atoms with Gasteiger partial charge in [-0.3, -0.25) is 19.2 Å². The predicted octanol–water partition coefficient (Wildman–Crippen LogP) is 4.12. The molecular formula is C25H41NO8. The number of carbonyl (C=O) groups excluding carboxylic acids is 4. The molecule has 9 nitrogen and oxygen atoms in total. The summed E-state index contributed by atoms with van der Waals surface area (Å²) in [5.74, 6) is -1.16. The molecule has 9 heteroatoms. The van der Waals surface area contributed by atoms with Crippen molar-refractivity contribution < 1.29 is 38.1 Å². The molecule has 1 aliphatic carbocycles. The topological polar surface area (TPSA) is 129 Å². The average Bonchev–Trinajstić information content (AvgIpc) is 2.85. The van der Waals surface area contributed by atoms with Crippen molar-refractivity contribution in [3.05, 3.63) is 0 Å². The molecule has 1 aliphatic rings. The lowest BCUT2D eigenvalue weighted by molar-refractivity contribution is -0.159. The molecular weight excluding hydrogens is 442 g/mol. The van der Waals surface area contributed by atoms with Crippen LogP contribution in [0.25, 0.3) is 0 Å². The van der Waals surface area contributed by atoms with Crippen molar-refractivity contribution in [3.63, 3.8) is 0 Å². The largest absolute Gasteiger partial charge is 0.465 e. The molecule has 0 N–H and O–H groups in total. The smallest absolute Gasteiger partial charge is 0.312 e. The highest BCUT2D eigenvalue weighted by Crippen LogP contribution is 2.27. The second kappa shape index (κ2) is 19.8. The van der Waals surface area contributed by atoms with Crippen molar-refractivity contribution in [3.8, 4) is 6.07 Å². The Kier molecular flexibility index (Phi) is 18.3. The Bertz CT molecular complexity index is 645. The van der Waals surface area contributed by atoms with Crippen LogP contribution in [-0.2, 0) is 38.1 Å². The second-order valence-corrected chi connectivity index (χ2v) is 8.40. The van der Waals surface area contributed by atoms with Crippen LogP contribution in [0.2, 0.25) is 0 Å². The van der Waals surface area contributed by atoms with Crippen LogP contribution in [-0.4, -0.2) is 50.3 Å². The van der Waals surface area contributed by atoms with Crippen molar-refractivity contribution in [1.82, 2.24) is 0 Å². The maximum absolute atomic E-state index is 12.0. The van der Waals surface area contributed by atoms with Crippen molar-refractivity contribution in [2.45, 2.75) is 91.6 Å². The highest BCUT2D eigenvalue weighted by atomic mass is 16.6. The SMILES string of the molecule is CCC(C)C(=O)OCCC#N.CCC(C)C(=O)OCCCCOC(=O)C1CCCCC1OC=O. The lowest BCUT2D eigenvalue weighted by Gasteiger charge is -2.28. The fraction of sp³-hybridized carbons (Fsp3) is 0.800. The van der Waals surface area contributed by atoms with E-state index in [2.05, 4.69) is 0 Å². The molecule has 194 valence electrons. The predicted molar refractivity (Wildman–Crippen MR) is 124 cm³/mol. The lowest BCUT2D eigenvalue weighted by Crippen LogP contribution is -2.34. The van der Waals surface area contributed by atoms with Gasteiger partial charge in [-0.15, -0.1) is 0 Å². The Morgan fingerprint density at radius 1 is 0.912 bits per heavy atom. The number of unbranched alkanes of at least 4 members (excludes halogenated alkanes) is 1. The van der Waals surface area contributed by atoms with Gasteiger partial charge in [0.2, 0.25) is 0 Å². The molecule has 0 aromatic carbocycles. The molecule has 0 saturated heterocycles. The summed E-state index contributed by atoms with van der Waals surface area (Å²) in [5.41, 5.74) is 0. The summed E-state index contributed by atoms with van der Waals surface area (Å²) in [6.07, 6.45) is 6.10. The molecule has 0 aromatic heterocycles. The van der Waals surface area contributed by atoms with Gasteiger partial charge in [-0.05, 0) is 44.9 Å². The minimum atomic E-state index is -0.356.